The average Bonchev–Trinajstić information content (AvgIpc) is 0.770. The van der Waals surface area contributed by atoms with Crippen molar-refractivity contribution in [3.05, 3.63) is 431 Å². The van der Waals surface area contributed by atoms with Crippen LogP contribution in [-0.4, -0.2) is 34.9 Å². The Bertz CT molecular complexity index is 5960. The topological polar surface area (TPSA) is 90.2 Å². The van der Waals surface area contributed by atoms with E-state index in [4.69, 9.17) is 34.9 Å². The molecular formula is C107H65Ir2N7. The number of nitrogens with zero attached hydrogens (tertiary/aromatic N) is 7. The van der Waals surface area contributed by atoms with Crippen LogP contribution in [0.1, 0.15) is 0 Å². The van der Waals surface area contributed by atoms with Crippen LogP contribution < -0.4 is 0 Å². The van der Waals surface area contributed by atoms with Crippen LogP contribution in [0, 0.1) is 36.4 Å². The fourth-order valence-electron chi connectivity index (χ4n) is 15.2. The Morgan fingerprint density at radius 2 is 0.345 bits per heavy atom. The van der Waals surface area contributed by atoms with E-state index in [2.05, 4.69) is 279 Å². The fraction of sp³-hybridized carbons (Fsp3) is 0. The second-order valence-electron chi connectivity index (χ2n) is 27.8. The van der Waals surface area contributed by atoms with Crippen LogP contribution in [0.15, 0.2) is 395 Å². The quantitative estimate of drug-likeness (QED) is 0.0791. The molecule has 12 aromatic carbocycles. The first kappa shape index (κ1) is 74.7. The van der Waals surface area contributed by atoms with Gasteiger partial charge in [-0.3, -0.25) is 4.98 Å². The average molecular weight is 1830 g/mol. The maximum atomic E-state index is 5.13. The molecule has 546 valence electrons. The van der Waals surface area contributed by atoms with Gasteiger partial charge in [0.1, 0.15) is 0 Å². The van der Waals surface area contributed by atoms with Crippen LogP contribution in [0.5, 0.6) is 0 Å². The summed E-state index contributed by atoms with van der Waals surface area (Å²) in [5, 5.41) is 0. The first-order valence-electron chi connectivity index (χ1n) is 37.8. The molecule has 0 N–H and O–H groups in total. The van der Waals surface area contributed by atoms with Crippen molar-refractivity contribution >= 4 is 0 Å². The largest absolute Gasteiger partial charge is 3.00 e. The standard InChI is InChI=1S/C107H65N7.2Ir/c1-5-26-72(27-6-1)100-54-48-76(66-108-100)88-34-13-19-40-94(88)82-60-83(95-41-20-14-35-89(95)77-49-55-101(109-67-77)73-28-7-2-8-29-73)63-86(62-82)98-44-23-17-38-92(98)80-52-58-104(112-70-80)106-46-25-47-107(114-106)105-59-53-81(71-113-105)93-39-18-24-45-99(93)87-64-84(96-42-21-15-36-90(96)78-50-56-102(110-68-78)74-30-9-3-10-31-74)61-85(65-87)97-43-22-16-37-91(97)79-51-57-103(111-69-79)75-32-11-4-12-33-75;;/h1-26,28,30,32,34-45,48-71H;;/q-6;2*+3. The van der Waals surface area contributed by atoms with Gasteiger partial charge in [-0.1, -0.05) is 206 Å². The van der Waals surface area contributed by atoms with Crippen LogP contribution in [-0.2, 0) is 40.2 Å². The van der Waals surface area contributed by atoms with Crippen LogP contribution in [0.4, 0.5) is 0 Å². The molecule has 0 bridgehead atoms. The zero-order valence-electron chi connectivity index (χ0n) is 62.3. The SMILES string of the molecule is [Ir+3].[Ir+3].[c-]1ccccc1-c1ccc(-c2ccccc2-c2cc(-c3ccccc3-c3ccc(-c4[c-]cccc4)nc3)cc(-c3ccccc3-c3ccc(-c4[c-]c[c-]c(-c5ccc(-c6ccccc6-c6cc(-c7ccccc7-c7ccc(-c8[c-]cccc8)nc7)cc(-c7ccccc7-c7ccc(-c8[c-]cccc8)nc7)c6)cn5)n4)nc3)c2)cn1. The molecule has 0 radical (unpaired) electrons. The third-order valence-corrected chi connectivity index (χ3v) is 20.8. The number of aromatic nitrogens is 7. The number of hydrogen-bond donors (Lipinski definition) is 0. The van der Waals surface area contributed by atoms with E-state index in [-0.39, 0.29) is 40.2 Å². The third kappa shape index (κ3) is 15.7. The van der Waals surface area contributed by atoms with Crippen molar-refractivity contribution < 1.29 is 40.2 Å². The molecule has 0 aliphatic heterocycles. The van der Waals surface area contributed by atoms with Crippen LogP contribution in [0.3, 0.4) is 0 Å². The Morgan fingerprint density at radius 1 is 0.164 bits per heavy atom. The molecule has 7 aromatic heterocycles. The summed E-state index contributed by atoms with van der Waals surface area (Å²) in [4.78, 5) is 35.2. The molecule has 19 aromatic rings. The van der Waals surface area contributed by atoms with Crippen molar-refractivity contribution in [1.82, 2.24) is 34.9 Å². The molecule has 0 aliphatic rings. The van der Waals surface area contributed by atoms with E-state index >= 15 is 0 Å². The Kier molecular flexibility index (Phi) is 22.0. The first-order valence-corrected chi connectivity index (χ1v) is 37.8. The van der Waals surface area contributed by atoms with Gasteiger partial charge in [-0.2, -0.15) is 0 Å². The molecule has 0 unspecified atom stereocenters. The molecule has 0 atom stereocenters. The second kappa shape index (κ2) is 34.1. The van der Waals surface area contributed by atoms with Crippen molar-refractivity contribution in [3.63, 3.8) is 0 Å². The minimum atomic E-state index is 0. The van der Waals surface area contributed by atoms with E-state index in [1.54, 1.807) is 6.07 Å². The Labute approximate surface area is 702 Å². The van der Waals surface area contributed by atoms with E-state index < -0.39 is 0 Å². The van der Waals surface area contributed by atoms with Crippen molar-refractivity contribution in [3.8, 4) is 201 Å². The molecule has 9 heteroatoms. The summed E-state index contributed by atoms with van der Waals surface area (Å²) in [5.41, 5.74) is 34.8. The molecule has 0 amide bonds. The minimum absolute atomic E-state index is 0. The Balaban J connectivity index is 0.00000484. The van der Waals surface area contributed by atoms with E-state index in [1.165, 1.54) is 0 Å². The molecule has 0 spiro atoms. The Hall–Kier alpha value is -14.0. The summed E-state index contributed by atoms with van der Waals surface area (Å²) in [6.07, 6.45) is 11.7. The minimum Gasteiger partial charge on any atom is -0.380 e. The van der Waals surface area contributed by atoms with E-state index in [0.717, 1.165) is 179 Å². The Morgan fingerprint density at radius 3 is 0.517 bits per heavy atom. The molecule has 0 aliphatic carbocycles. The summed E-state index contributed by atoms with van der Waals surface area (Å²) >= 11 is 0. The van der Waals surface area contributed by atoms with Crippen molar-refractivity contribution in [1.29, 1.82) is 0 Å². The van der Waals surface area contributed by atoms with Gasteiger partial charge in [0.15, 0.2) is 0 Å². The van der Waals surface area contributed by atoms with Crippen molar-refractivity contribution in [2.75, 3.05) is 0 Å². The first-order chi connectivity index (χ1) is 56.5. The van der Waals surface area contributed by atoms with Gasteiger partial charge in [-0.15, -0.1) is 161 Å². The van der Waals surface area contributed by atoms with Crippen LogP contribution in [0.2, 0.25) is 0 Å². The zero-order chi connectivity index (χ0) is 75.9. The molecular weight excluding hydrogens is 1770 g/mol. The summed E-state index contributed by atoms with van der Waals surface area (Å²) in [7, 11) is 0. The third-order valence-electron chi connectivity index (χ3n) is 20.8. The van der Waals surface area contributed by atoms with Gasteiger partial charge in [-0.05, 0) is 199 Å². The normalized spacial score (nSPS) is 11.0. The summed E-state index contributed by atoms with van der Waals surface area (Å²) in [6.45, 7) is 0. The monoisotopic (exact) mass is 1830 g/mol. The summed E-state index contributed by atoms with van der Waals surface area (Å²) < 4.78 is 0. The van der Waals surface area contributed by atoms with E-state index in [9.17, 15) is 0 Å². The maximum Gasteiger partial charge on any atom is 3.00 e. The van der Waals surface area contributed by atoms with Gasteiger partial charge >= 0.3 is 40.2 Å². The number of pyridine rings is 7. The zero-order valence-corrected chi connectivity index (χ0v) is 67.1. The van der Waals surface area contributed by atoms with E-state index in [1.807, 2.05) is 146 Å². The smallest absolute Gasteiger partial charge is 0.380 e. The van der Waals surface area contributed by atoms with E-state index in [0.29, 0.717) is 22.8 Å². The maximum absolute atomic E-state index is 5.13. The molecule has 0 fully saturated rings. The number of benzene rings is 12. The van der Waals surface area contributed by atoms with Gasteiger partial charge in [-0.25, -0.2) is 0 Å². The van der Waals surface area contributed by atoms with Crippen molar-refractivity contribution in [2.24, 2.45) is 0 Å². The second-order valence-corrected chi connectivity index (χ2v) is 27.8. The molecule has 19 rings (SSSR count). The summed E-state index contributed by atoms with van der Waals surface area (Å²) in [5.74, 6) is 0. The molecule has 116 heavy (non-hydrogen) atoms. The molecule has 0 saturated heterocycles. The molecule has 7 heterocycles. The molecule has 0 saturated carbocycles. The van der Waals surface area contributed by atoms with Gasteiger partial charge < -0.3 is 48.1 Å². The number of rotatable bonds is 18. The van der Waals surface area contributed by atoms with Gasteiger partial charge in [0.25, 0.3) is 0 Å². The molecule has 7 nitrogen and oxygen atoms in total. The van der Waals surface area contributed by atoms with Gasteiger partial charge in [0, 0.05) is 42.7 Å². The van der Waals surface area contributed by atoms with Gasteiger partial charge in [0.05, 0.1) is 5.69 Å². The van der Waals surface area contributed by atoms with Crippen LogP contribution in [0.25, 0.3) is 201 Å². The predicted octanol–water partition coefficient (Wildman–Crippen LogP) is 26.3. The fourth-order valence-corrected chi connectivity index (χ4v) is 15.2. The predicted molar refractivity (Wildman–Crippen MR) is 462 cm³/mol. The van der Waals surface area contributed by atoms with Gasteiger partial charge in [0.2, 0.25) is 0 Å². The van der Waals surface area contributed by atoms with Crippen molar-refractivity contribution in [2.45, 2.75) is 0 Å². The van der Waals surface area contributed by atoms with Crippen LogP contribution >= 0.6 is 0 Å². The number of hydrogen-bond acceptors (Lipinski definition) is 7. The summed E-state index contributed by atoms with van der Waals surface area (Å²) in [6, 6.07) is 144.